The number of benzene rings is 1. The standard InChI is InChI=1S/C12H11NO5/c14-7-13-10(12(17)18)9(11(15)16)6-8-4-2-1-3-5-8/h1-5,9-10H,6H2,(H,15,16)(H,17,18). The van der Waals surface area contributed by atoms with Crippen molar-refractivity contribution >= 4 is 18.0 Å². The summed E-state index contributed by atoms with van der Waals surface area (Å²) >= 11 is 0. The molecule has 0 radical (unpaired) electrons. The molecule has 94 valence electrons. The minimum Gasteiger partial charge on any atom is -0.481 e. The van der Waals surface area contributed by atoms with Crippen LogP contribution in [0.3, 0.4) is 0 Å². The Kier molecular flexibility index (Phi) is 4.78. The van der Waals surface area contributed by atoms with Crippen LogP contribution >= 0.6 is 0 Å². The zero-order chi connectivity index (χ0) is 13.5. The summed E-state index contributed by atoms with van der Waals surface area (Å²) in [5.41, 5.74) is 0.664. The Labute approximate surface area is 103 Å². The highest BCUT2D eigenvalue weighted by atomic mass is 16.4. The largest absolute Gasteiger partial charge is 0.481 e. The van der Waals surface area contributed by atoms with E-state index in [2.05, 4.69) is 4.99 Å². The number of aliphatic imine (C=N–C) groups is 1. The first kappa shape index (κ1) is 13.6. The van der Waals surface area contributed by atoms with Crippen LogP contribution in [0.15, 0.2) is 35.3 Å². The second-order valence-corrected chi connectivity index (χ2v) is 3.64. The SMILES string of the molecule is O=C=NC(C(=O)O)C(Cc1ccccc1)C(=O)O. The molecule has 1 aromatic rings. The maximum absolute atomic E-state index is 11.1. The first-order valence-corrected chi connectivity index (χ1v) is 5.12. The number of carbonyl (C=O) groups excluding carboxylic acids is 1. The number of carboxylic acids is 2. The molecule has 6 nitrogen and oxygen atoms in total. The van der Waals surface area contributed by atoms with Crippen molar-refractivity contribution in [3.05, 3.63) is 35.9 Å². The van der Waals surface area contributed by atoms with Gasteiger partial charge in [-0.05, 0) is 12.0 Å². The van der Waals surface area contributed by atoms with Crippen molar-refractivity contribution in [3.8, 4) is 0 Å². The Morgan fingerprint density at radius 3 is 2.22 bits per heavy atom. The lowest BCUT2D eigenvalue weighted by molar-refractivity contribution is -0.149. The molecule has 1 aromatic carbocycles. The van der Waals surface area contributed by atoms with Gasteiger partial charge in [0.2, 0.25) is 6.08 Å². The first-order chi connectivity index (χ1) is 8.56. The van der Waals surface area contributed by atoms with E-state index in [1.165, 1.54) is 0 Å². The second-order valence-electron chi connectivity index (χ2n) is 3.64. The summed E-state index contributed by atoms with van der Waals surface area (Å²) in [6.07, 6.45) is 1.09. The fraction of sp³-hybridized carbons (Fsp3) is 0.250. The quantitative estimate of drug-likeness (QED) is 0.571. The normalized spacial score (nSPS) is 13.1. The summed E-state index contributed by atoms with van der Waals surface area (Å²) in [5.74, 6) is -4.07. The van der Waals surface area contributed by atoms with Crippen LogP contribution < -0.4 is 0 Å². The lowest BCUT2D eigenvalue weighted by Crippen LogP contribution is -2.35. The first-order valence-electron chi connectivity index (χ1n) is 5.12. The van der Waals surface area contributed by atoms with Gasteiger partial charge in [0.1, 0.15) is 0 Å². The van der Waals surface area contributed by atoms with Crippen molar-refractivity contribution in [1.82, 2.24) is 0 Å². The lowest BCUT2D eigenvalue weighted by Gasteiger charge is -2.15. The zero-order valence-electron chi connectivity index (χ0n) is 9.31. The summed E-state index contributed by atoms with van der Waals surface area (Å²) in [7, 11) is 0. The third-order valence-corrected chi connectivity index (χ3v) is 2.44. The van der Waals surface area contributed by atoms with Crippen molar-refractivity contribution in [1.29, 1.82) is 0 Å². The van der Waals surface area contributed by atoms with E-state index in [0.717, 1.165) is 6.08 Å². The number of hydrogen-bond acceptors (Lipinski definition) is 4. The van der Waals surface area contributed by atoms with Crippen molar-refractivity contribution in [2.24, 2.45) is 10.9 Å². The van der Waals surface area contributed by atoms with Gasteiger partial charge in [0.15, 0.2) is 6.04 Å². The summed E-state index contributed by atoms with van der Waals surface area (Å²) in [4.78, 5) is 35.2. The molecule has 0 aliphatic rings. The molecule has 0 heterocycles. The molecule has 0 bridgehead atoms. The minimum absolute atomic E-state index is 0.0156. The van der Waals surface area contributed by atoms with Crippen molar-refractivity contribution < 1.29 is 24.6 Å². The molecule has 6 heteroatoms. The second kappa shape index (κ2) is 6.32. The van der Waals surface area contributed by atoms with Gasteiger partial charge in [0.05, 0.1) is 5.92 Å². The Hall–Kier alpha value is -2.46. The van der Waals surface area contributed by atoms with E-state index in [9.17, 15) is 14.4 Å². The van der Waals surface area contributed by atoms with Crippen LogP contribution in [0.5, 0.6) is 0 Å². The van der Waals surface area contributed by atoms with Gasteiger partial charge in [-0.2, -0.15) is 4.99 Å². The van der Waals surface area contributed by atoms with Crippen LogP contribution in [0.1, 0.15) is 5.56 Å². The van der Waals surface area contributed by atoms with Gasteiger partial charge in [0, 0.05) is 0 Å². The number of isocyanates is 1. The van der Waals surface area contributed by atoms with E-state index < -0.39 is 23.9 Å². The Balaban J connectivity index is 2.98. The monoisotopic (exact) mass is 249 g/mol. The van der Waals surface area contributed by atoms with Gasteiger partial charge < -0.3 is 10.2 Å². The summed E-state index contributed by atoms with van der Waals surface area (Å²) in [5, 5.41) is 17.9. The Bertz CT molecular complexity index is 477. The summed E-state index contributed by atoms with van der Waals surface area (Å²) < 4.78 is 0. The average Bonchev–Trinajstić information content (AvgIpc) is 2.34. The highest BCUT2D eigenvalue weighted by molar-refractivity contribution is 5.83. The molecule has 0 aliphatic carbocycles. The molecular weight excluding hydrogens is 238 g/mol. The maximum Gasteiger partial charge on any atom is 0.330 e. The zero-order valence-corrected chi connectivity index (χ0v) is 9.31. The fourth-order valence-corrected chi connectivity index (χ4v) is 1.58. The highest BCUT2D eigenvalue weighted by Gasteiger charge is 2.33. The number of rotatable bonds is 6. The van der Waals surface area contributed by atoms with E-state index in [1.807, 2.05) is 0 Å². The highest BCUT2D eigenvalue weighted by Crippen LogP contribution is 2.16. The molecule has 0 amide bonds. The predicted molar refractivity (Wildman–Crippen MR) is 60.8 cm³/mol. The smallest absolute Gasteiger partial charge is 0.330 e. The van der Waals surface area contributed by atoms with Crippen molar-refractivity contribution in [2.75, 3.05) is 0 Å². The van der Waals surface area contributed by atoms with Crippen molar-refractivity contribution in [2.45, 2.75) is 12.5 Å². The Morgan fingerprint density at radius 2 is 1.78 bits per heavy atom. The van der Waals surface area contributed by atoms with Gasteiger partial charge >= 0.3 is 11.9 Å². The molecule has 0 fully saturated rings. The van der Waals surface area contributed by atoms with Crippen molar-refractivity contribution in [3.63, 3.8) is 0 Å². The van der Waals surface area contributed by atoms with E-state index in [1.54, 1.807) is 30.3 Å². The molecule has 0 saturated carbocycles. The molecule has 2 atom stereocenters. The maximum atomic E-state index is 11.1. The molecule has 0 aliphatic heterocycles. The minimum atomic E-state index is -1.62. The van der Waals surface area contributed by atoms with Gasteiger partial charge in [0.25, 0.3) is 0 Å². The fourth-order valence-electron chi connectivity index (χ4n) is 1.58. The van der Waals surface area contributed by atoms with Crippen LogP contribution in [0, 0.1) is 5.92 Å². The molecule has 2 N–H and O–H groups in total. The van der Waals surface area contributed by atoms with E-state index in [-0.39, 0.29) is 6.42 Å². The number of aliphatic carboxylic acids is 2. The number of carbonyl (C=O) groups is 2. The molecule has 0 aromatic heterocycles. The summed E-state index contributed by atoms with van der Waals surface area (Å²) in [6.45, 7) is 0. The molecule has 0 spiro atoms. The van der Waals surface area contributed by atoms with Gasteiger partial charge in [-0.1, -0.05) is 30.3 Å². The predicted octanol–water partition coefficient (Wildman–Crippen LogP) is 0.719. The third kappa shape index (κ3) is 3.54. The van der Waals surface area contributed by atoms with Crippen LogP contribution in [0.2, 0.25) is 0 Å². The van der Waals surface area contributed by atoms with Crippen LogP contribution in [0.25, 0.3) is 0 Å². The van der Waals surface area contributed by atoms with E-state index in [4.69, 9.17) is 10.2 Å². The number of nitrogens with zero attached hydrogens (tertiary/aromatic N) is 1. The molecule has 18 heavy (non-hydrogen) atoms. The lowest BCUT2D eigenvalue weighted by atomic mass is 9.92. The molecule has 2 unspecified atom stereocenters. The molecular formula is C12H11NO5. The van der Waals surface area contributed by atoms with Crippen LogP contribution in [-0.2, 0) is 20.8 Å². The number of hydrogen-bond donors (Lipinski definition) is 2. The van der Waals surface area contributed by atoms with Crippen LogP contribution in [-0.4, -0.2) is 34.3 Å². The number of carboxylic acid groups (broad SMARTS) is 2. The molecule has 0 saturated heterocycles. The third-order valence-electron chi connectivity index (χ3n) is 2.44. The topological polar surface area (TPSA) is 104 Å². The van der Waals surface area contributed by atoms with E-state index >= 15 is 0 Å². The molecule has 1 rings (SSSR count). The average molecular weight is 249 g/mol. The van der Waals surface area contributed by atoms with Gasteiger partial charge in [-0.15, -0.1) is 0 Å². The van der Waals surface area contributed by atoms with E-state index in [0.29, 0.717) is 5.56 Å². The van der Waals surface area contributed by atoms with Gasteiger partial charge in [-0.25, -0.2) is 9.59 Å². The summed E-state index contributed by atoms with van der Waals surface area (Å²) in [6, 6.07) is 6.93. The van der Waals surface area contributed by atoms with Crippen LogP contribution in [0.4, 0.5) is 0 Å². The van der Waals surface area contributed by atoms with Gasteiger partial charge in [-0.3, -0.25) is 4.79 Å². The Morgan fingerprint density at radius 1 is 1.17 bits per heavy atom.